The maximum absolute atomic E-state index is 12.8. The molecule has 1 aromatic heterocycles. The molecule has 1 fully saturated rings. The van der Waals surface area contributed by atoms with E-state index in [0.717, 1.165) is 62.7 Å². The first kappa shape index (κ1) is 23.0. The van der Waals surface area contributed by atoms with E-state index in [0.29, 0.717) is 13.1 Å². The van der Waals surface area contributed by atoms with Gasteiger partial charge in [0.2, 0.25) is 5.91 Å². The fourth-order valence-electron chi connectivity index (χ4n) is 4.00. The van der Waals surface area contributed by atoms with Crippen molar-refractivity contribution >= 4 is 17.7 Å². The first-order valence-corrected chi connectivity index (χ1v) is 10.9. The summed E-state index contributed by atoms with van der Waals surface area (Å²) >= 11 is 0. The highest BCUT2D eigenvalue weighted by Gasteiger charge is 2.42. The highest BCUT2D eigenvalue weighted by atomic mass is 16.2. The van der Waals surface area contributed by atoms with E-state index in [4.69, 9.17) is 4.99 Å². The summed E-state index contributed by atoms with van der Waals surface area (Å²) in [5.74, 6) is 1.96. The smallest absolute Gasteiger partial charge is 0.230 e. The van der Waals surface area contributed by atoms with Crippen LogP contribution in [0.1, 0.15) is 52.0 Å². The largest absolute Gasteiger partial charge is 0.357 e. The molecular weight excluding hydrogens is 364 g/mol. The van der Waals surface area contributed by atoms with Crippen molar-refractivity contribution in [1.82, 2.24) is 20.5 Å². The Morgan fingerprint density at radius 2 is 1.83 bits per heavy atom. The topological polar surface area (TPSA) is 72.9 Å². The van der Waals surface area contributed by atoms with E-state index >= 15 is 0 Å². The van der Waals surface area contributed by atoms with Gasteiger partial charge in [-0.2, -0.15) is 0 Å². The van der Waals surface area contributed by atoms with Crippen LogP contribution in [0.4, 0.5) is 5.82 Å². The van der Waals surface area contributed by atoms with Crippen LogP contribution < -0.4 is 15.5 Å². The molecule has 0 spiro atoms. The fraction of sp³-hybridized carbons (Fsp3) is 0.682. The van der Waals surface area contributed by atoms with Crippen LogP contribution in [0.25, 0.3) is 0 Å². The number of carbonyl (C=O) groups excluding carboxylic acids is 1. The first-order chi connectivity index (χ1) is 14.0. The minimum atomic E-state index is -0.313. The average molecular weight is 403 g/mol. The molecule has 0 saturated heterocycles. The van der Waals surface area contributed by atoms with Crippen LogP contribution in [0.5, 0.6) is 0 Å². The van der Waals surface area contributed by atoms with Gasteiger partial charge in [0.15, 0.2) is 5.96 Å². The Kier molecular flexibility index (Phi) is 8.73. The maximum Gasteiger partial charge on any atom is 0.230 e. The lowest BCUT2D eigenvalue weighted by Crippen LogP contribution is -2.49. The Labute approximate surface area is 176 Å². The SMILES string of the molecule is CCNC(=NCc1ccc(N(CC)CC)nc1)NCC1(C(=O)N(C)C)CCCC1. The highest BCUT2D eigenvalue weighted by Crippen LogP contribution is 2.38. The standard InChI is InChI=1S/C22H38N6O/c1-6-23-21(26-17-22(13-9-10-14-22)20(29)27(4)5)25-16-18-11-12-19(24-15-18)28(7-2)8-3/h11-12,15H,6-10,13-14,16-17H2,1-5H3,(H2,23,25,26). The number of aromatic nitrogens is 1. The van der Waals surface area contributed by atoms with Gasteiger partial charge >= 0.3 is 0 Å². The first-order valence-electron chi connectivity index (χ1n) is 10.9. The Balaban J connectivity index is 2.03. The minimum Gasteiger partial charge on any atom is -0.357 e. The molecule has 2 N–H and O–H groups in total. The number of aliphatic imine (C=N–C) groups is 1. The normalized spacial score (nSPS) is 15.8. The van der Waals surface area contributed by atoms with E-state index < -0.39 is 0 Å². The molecule has 1 saturated carbocycles. The molecule has 29 heavy (non-hydrogen) atoms. The summed E-state index contributed by atoms with van der Waals surface area (Å²) in [6.07, 6.45) is 5.99. The second-order valence-corrected chi connectivity index (χ2v) is 7.93. The molecule has 0 bridgehead atoms. The predicted molar refractivity (Wildman–Crippen MR) is 120 cm³/mol. The summed E-state index contributed by atoms with van der Waals surface area (Å²) < 4.78 is 0. The van der Waals surface area contributed by atoms with Crippen molar-refractivity contribution in [1.29, 1.82) is 0 Å². The molecule has 7 heteroatoms. The number of hydrogen-bond acceptors (Lipinski definition) is 4. The summed E-state index contributed by atoms with van der Waals surface area (Å²) in [6.45, 7) is 10.2. The number of amides is 1. The second-order valence-electron chi connectivity index (χ2n) is 7.93. The molecule has 0 unspecified atom stereocenters. The van der Waals surface area contributed by atoms with Gasteiger partial charge in [-0.25, -0.2) is 9.98 Å². The Hall–Kier alpha value is -2.31. The quantitative estimate of drug-likeness (QED) is 0.491. The molecule has 1 aliphatic carbocycles. The van der Waals surface area contributed by atoms with Crippen molar-refractivity contribution < 1.29 is 4.79 Å². The molecule has 1 aliphatic rings. The van der Waals surface area contributed by atoms with Crippen molar-refractivity contribution in [2.45, 2.75) is 53.0 Å². The van der Waals surface area contributed by atoms with Crippen molar-refractivity contribution in [3.63, 3.8) is 0 Å². The number of carbonyl (C=O) groups is 1. The zero-order chi connectivity index (χ0) is 21.3. The van der Waals surface area contributed by atoms with Gasteiger partial charge in [0.1, 0.15) is 5.82 Å². The molecule has 0 radical (unpaired) electrons. The molecular formula is C22H38N6O. The summed E-state index contributed by atoms with van der Waals surface area (Å²) in [7, 11) is 3.69. The summed E-state index contributed by atoms with van der Waals surface area (Å²) in [6, 6.07) is 4.14. The van der Waals surface area contributed by atoms with Gasteiger partial charge in [0.05, 0.1) is 12.0 Å². The van der Waals surface area contributed by atoms with Crippen LogP contribution >= 0.6 is 0 Å². The van der Waals surface area contributed by atoms with Crippen LogP contribution in [0, 0.1) is 5.41 Å². The molecule has 0 atom stereocenters. The average Bonchev–Trinajstić information content (AvgIpc) is 3.21. The lowest BCUT2D eigenvalue weighted by Gasteiger charge is -2.31. The third-order valence-electron chi connectivity index (χ3n) is 5.68. The van der Waals surface area contributed by atoms with E-state index in [1.807, 2.05) is 27.2 Å². The van der Waals surface area contributed by atoms with Gasteiger partial charge < -0.3 is 20.4 Å². The van der Waals surface area contributed by atoms with E-state index in [1.54, 1.807) is 4.90 Å². The predicted octanol–water partition coefficient (Wildman–Crippen LogP) is 2.63. The number of hydrogen-bond donors (Lipinski definition) is 2. The highest BCUT2D eigenvalue weighted by molar-refractivity contribution is 5.85. The van der Waals surface area contributed by atoms with E-state index in [2.05, 4.69) is 46.5 Å². The van der Waals surface area contributed by atoms with E-state index in [-0.39, 0.29) is 11.3 Å². The van der Waals surface area contributed by atoms with Gasteiger partial charge in [-0.05, 0) is 45.2 Å². The lowest BCUT2D eigenvalue weighted by atomic mass is 9.84. The summed E-state index contributed by atoms with van der Waals surface area (Å²) in [5.41, 5.74) is 0.755. The minimum absolute atomic E-state index is 0.217. The van der Waals surface area contributed by atoms with Crippen molar-refractivity contribution in [2.24, 2.45) is 10.4 Å². The number of anilines is 1. The van der Waals surface area contributed by atoms with Crippen LogP contribution in [-0.4, -0.2) is 62.0 Å². The van der Waals surface area contributed by atoms with Crippen molar-refractivity contribution in [3.05, 3.63) is 23.9 Å². The number of guanidine groups is 1. The Morgan fingerprint density at radius 3 is 2.34 bits per heavy atom. The van der Waals surface area contributed by atoms with Crippen LogP contribution in [0.3, 0.4) is 0 Å². The number of nitrogens with zero attached hydrogens (tertiary/aromatic N) is 4. The zero-order valence-electron chi connectivity index (χ0n) is 18.8. The van der Waals surface area contributed by atoms with Crippen LogP contribution in [0.2, 0.25) is 0 Å². The Bertz CT molecular complexity index is 660. The summed E-state index contributed by atoms with van der Waals surface area (Å²) in [4.78, 5) is 26.0. The second kappa shape index (κ2) is 11.0. The molecule has 1 heterocycles. The third kappa shape index (κ3) is 6.08. The molecule has 7 nitrogen and oxygen atoms in total. The van der Waals surface area contributed by atoms with Gasteiger partial charge in [0.25, 0.3) is 0 Å². The molecule has 1 aromatic rings. The molecule has 1 amide bonds. The van der Waals surface area contributed by atoms with Gasteiger partial charge in [0, 0.05) is 46.5 Å². The van der Waals surface area contributed by atoms with Crippen LogP contribution in [0.15, 0.2) is 23.3 Å². The molecule has 2 rings (SSSR count). The lowest BCUT2D eigenvalue weighted by molar-refractivity contribution is -0.138. The van der Waals surface area contributed by atoms with Crippen molar-refractivity contribution in [3.8, 4) is 0 Å². The van der Waals surface area contributed by atoms with Crippen LogP contribution in [-0.2, 0) is 11.3 Å². The maximum atomic E-state index is 12.8. The van der Waals surface area contributed by atoms with Gasteiger partial charge in [-0.15, -0.1) is 0 Å². The van der Waals surface area contributed by atoms with Crippen molar-refractivity contribution in [2.75, 3.05) is 45.2 Å². The third-order valence-corrected chi connectivity index (χ3v) is 5.68. The zero-order valence-corrected chi connectivity index (χ0v) is 18.8. The monoisotopic (exact) mass is 402 g/mol. The summed E-state index contributed by atoms with van der Waals surface area (Å²) in [5, 5.41) is 6.72. The molecule has 0 aromatic carbocycles. The fourth-order valence-corrected chi connectivity index (χ4v) is 4.00. The van der Waals surface area contributed by atoms with Gasteiger partial charge in [-0.3, -0.25) is 4.79 Å². The van der Waals surface area contributed by atoms with E-state index in [1.165, 1.54) is 0 Å². The molecule has 0 aliphatic heterocycles. The number of nitrogens with one attached hydrogen (secondary N) is 2. The number of rotatable bonds is 9. The Morgan fingerprint density at radius 1 is 1.14 bits per heavy atom. The van der Waals surface area contributed by atoms with E-state index in [9.17, 15) is 4.79 Å². The number of pyridine rings is 1. The molecule has 162 valence electrons. The van der Waals surface area contributed by atoms with Gasteiger partial charge in [-0.1, -0.05) is 18.9 Å².